The molecule has 0 heterocycles. The molecule has 1 N–H and O–H groups in total. The second kappa shape index (κ2) is 4.87. The molecule has 0 aromatic carbocycles. The van der Waals surface area contributed by atoms with Crippen LogP contribution in [0.3, 0.4) is 0 Å². The Hall–Kier alpha value is -0.720. The minimum atomic E-state index is -4.17. The maximum absolute atomic E-state index is 10.4. The molecule has 15 heavy (non-hydrogen) atoms. The van der Waals surface area contributed by atoms with Crippen LogP contribution < -0.4 is 0 Å². The molecule has 1 amide bonds. The van der Waals surface area contributed by atoms with Crippen LogP contribution in [0.1, 0.15) is 13.3 Å². The van der Waals surface area contributed by atoms with Crippen molar-refractivity contribution in [2.24, 2.45) is 0 Å². The van der Waals surface area contributed by atoms with Gasteiger partial charge in [-0.25, -0.2) is 17.7 Å². The average Bonchev–Trinajstić information content (AvgIpc) is 1.99. The minimum Gasteiger partial charge on any atom is -0.748 e. The zero-order chi connectivity index (χ0) is 12.3. The number of hydrogen-bond acceptors (Lipinski definition) is 3. The fourth-order valence-corrected chi connectivity index (χ4v) is 1.74. The Morgan fingerprint density at radius 2 is 1.93 bits per heavy atom. The van der Waals surface area contributed by atoms with E-state index < -0.39 is 15.9 Å². The molecule has 0 rings (SSSR count). The Kier molecular flexibility index (Phi) is 4.64. The van der Waals surface area contributed by atoms with Gasteiger partial charge in [0.25, 0.3) is 0 Å². The number of rotatable bonds is 5. The smallest absolute Gasteiger partial charge is 0.509 e. The number of carbonyl (C=O) groups excluding carboxylic acids is 1. The number of likely N-dealkylation sites (N-methyl/N-ethyl adjacent to an activating group) is 1. The normalized spacial score (nSPS) is 12.5. The highest BCUT2D eigenvalue weighted by Gasteiger charge is 2.32. The summed E-state index contributed by atoms with van der Waals surface area (Å²) in [5.74, 6) is -0.309. The zero-order valence-electron chi connectivity index (χ0n) is 9.36. The van der Waals surface area contributed by atoms with E-state index >= 15 is 0 Å². The Morgan fingerprint density at radius 3 is 2.27 bits per heavy atom. The molecule has 0 aliphatic heterocycles. The second-order valence-corrected chi connectivity index (χ2v) is 5.65. The third kappa shape index (κ3) is 5.66. The van der Waals surface area contributed by atoms with Gasteiger partial charge in [0.2, 0.25) is 0 Å². The van der Waals surface area contributed by atoms with Crippen molar-refractivity contribution in [3.63, 3.8) is 0 Å². The van der Waals surface area contributed by atoms with Gasteiger partial charge in [-0.05, 0) is 6.92 Å². The summed E-state index contributed by atoms with van der Waals surface area (Å²) in [6.45, 7) is 5.64. The number of amides is 1. The van der Waals surface area contributed by atoms with E-state index in [2.05, 4.69) is 6.58 Å². The molecule has 0 fully saturated rings. The summed E-state index contributed by atoms with van der Waals surface area (Å²) >= 11 is 0. The molecule has 88 valence electrons. The summed E-state index contributed by atoms with van der Waals surface area (Å²) in [7, 11) is -0.719. The summed E-state index contributed by atoms with van der Waals surface area (Å²) in [5.41, 5.74) is 0.532. The lowest BCUT2D eigenvalue weighted by Crippen LogP contribution is -2.47. The lowest BCUT2D eigenvalue weighted by molar-refractivity contribution is -0.802. The molecule has 0 aromatic rings. The van der Waals surface area contributed by atoms with Gasteiger partial charge in [0.15, 0.2) is 0 Å². The topological polar surface area (TPSA) is 78.6 Å². The van der Waals surface area contributed by atoms with Crippen molar-refractivity contribution < 1.29 is 22.2 Å². The number of hydrogen-bond donors (Lipinski definition) is 0. The zero-order valence-corrected chi connectivity index (χ0v) is 10.2. The van der Waals surface area contributed by atoms with E-state index in [1.54, 1.807) is 21.0 Å². The molecule has 0 unspecified atom stereocenters. The molecule has 0 saturated heterocycles. The fraction of sp³-hybridized carbons (Fsp3) is 0.667. The van der Waals surface area contributed by atoms with Crippen LogP contribution in [-0.4, -0.2) is 54.5 Å². The molecule has 0 radical (unpaired) electrons. The third-order valence-corrected chi connectivity index (χ3v) is 2.86. The largest absolute Gasteiger partial charge is 0.748 e. The maximum atomic E-state index is 10.4. The van der Waals surface area contributed by atoms with Crippen molar-refractivity contribution in [1.29, 1.82) is 0 Å². The van der Waals surface area contributed by atoms with Crippen molar-refractivity contribution in [2.75, 3.05) is 26.4 Å². The predicted octanol–water partition coefficient (Wildman–Crippen LogP) is 0.0766. The molecule has 0 aliphatic carbocycles. The molecule has 5 nitrogen and oxygen atoms in total. The van der Waals surface area contributed by atoms with Crippen LogP contribution in [0.4, 0.5) is 0 Å². The van der Waals surface area contributed by atoms with Gasteiger partial charge < -0.3 is 4.55 Å². The highest BCUT2D eigenvalue weighted by molar-refractivity contribution is 7.85. The van der Waals surface area contributed by atoms with Crippen molar-refractivity contribution >= 4 is 16.0 Å². The van der Waals surface area contributed by atoms with Crippen molar-refractivity contribution in [3.05, 3.63) is 12.2 Å². The highest BCUT2D eigenvalue weighted by atomic mass is 32.2. The van der Waals surface area contributed by atoms with E-state index in [4.69, 9.17) is 0 Å². The van der Waals surface area contributed by atoms with E-state index in [-0.39, 0.29) is 16.8 Å². The van der Waals surface area contributed by atoms with Crippen LogP contribution in [0.15, 0.2) is 12.2 Å². The molecular weight excluding hydrogens is 218 g/mol. The molecule has 0 spiro atoms. The summed E-state index contributed by atoms with van der Waals surface area (Å²) in [5, 5.41) is 0. The Labute approximate surface area is 90.7 Å². The van der Waals surface area contributed by atoms with Gasteiger partial charge in [0.1, 0.15) is 5.57 Å². The van der Waals surface area contributed by atoms with Crippen molar-refractivity contribution in [2.45, 2.75) is 13.3 Å². The van der Waals surface area contributed by atoms with Crippen LogP contribution in [-0.2, 0) is 10.1 Å². The number of nitrogens with zero attached hydrogens (tertiary/aromatic N) is 1. The van der Waals surface area contributed by atoms with Gasteiger partial charge >= 0.3 is 5.91 Å². The van der Waals surface area contributed by atoms with E-state index in [0.717, 1.165) is 0 Å². The first-order valence-electron chi connectivity index (χ1n) is 4.55. The van der Waals surface area contributed by atoms with E-state index in [9.17, 15) is 17.8 Å². The summed E-state index contributed by atoms with van der Waals surface area (Å²) in [6, 6.07) is 0. The van der Waals surface area contributed by atoms with Crippen LogP contribution in [0, 0.1) is 0 Å². The first-order chi connectivity index (χ1) is 6.56. The predicted molar refractivity (Wildman–Crippen MR) is 57.9 cm³/mol. The van der Waals surface area contributed by atoms with Gasteiger partial charge in [-0.1, -0.05) is 6.58 Å². The quantitative estimate of drug-likeness (QED) is 0.293. The summed E-state index contributed by atoms with van der Waals surface area (Å²) < 4.78 is 31.2. The van der Waals surface area contributed by atoms with Gasteiger partial charge in [-0.2, -0.15) is 0 Å². The standard InChI is InChI=1S/C9H17NO4S/c1-8(2)9(11)10(3,4)6-5-7-15(12,13)14/h1,5-7H2,2-4H3/p+1. The molecular formula is C9H18NO4S+. The first-order valence-corrected chi connectivity index (χ1v) is 6.13. The third-order valence-electron chi connectivity index (χ3n) is 2.07. The van der Waals surface area contributed by atoms with Crippen LogP contribution >= 0.6 is 0 Å². The first kappa shape index (κ1) is 14.3. The van der Waals surface area contributed by atoms with Crippen molar-refractivity contribution in [1.82, 2.24) is 0 Å². The van der Waals surface area contributed by atoms with E-state index in [0.29, 0.717) is 12.1 Å². The minimum absolute atomic E-state index is 0.0956. The molecule has 0 saturated carbocycles. The highest BCUT2D eigenvalue weighted by Crippen LogP contribution is 2.06. The molecule has 0 atom stereocenters. The lowest BCUT2D eigenvalue weighted by Gasteiger charge is -2.22. The van der Waals surface area contributed by atoms with Gasteiger partial charge in [0, 0.05) is 12.2 Å². The van der Waals surface area contributed by atoms with Crippen LogP contribution in [0.25, 0.3) is 0 Å². The Balaban J connectivity index is 4.29. The van der Waals surface area contributed by atoms with Crippen LogP contribution in [0.2, 0.25) is 0 Å². The van der Waals surface area contributed by atoms with E-state index in [1.807, 2.05) is 0 Å². The molecule has 0 aliphatic rings. The molecule has 0 aromatic heterocycles. The SMILES string of the molecule is C=C(C)C(=[OH+])[N+](C)(C)CCCS(=O)(=O)[O-]. The molecule has 6 heteroatoms. The van der Waals surface area contributed by atoms with Gasteiger partial charge in [-0.3, -0.25) is 0 Å². The Bertz CT molecular complexity index is 356. The fourth-order valence-electron chi connectivity index (χ4n) is 1.26. The van der Waals surface area contributed by atoms with Gasteiger partial charge in [-0.15, -0.1) is 0 Å². The van der Waals surface area contributed by atoms with Gasteiger partial charge in [0.05, 0.1) is 30.8 Å². The van der Waals surface area contributed by atoms with Crippen LogP contribution in [0.5, 0.6) is 0 Å². The second-order valence-electron chi connectivity index (χ2n) is 4.13. The van der Waals surface area contributed by atoms with Crippen molar-refractivity contribution in [3.8, 4) is 0 Å². The summed E-state index contributed by atoms with van der Waals surface area (Å²) in [6.07, 6.45) is 0.218. The average molecular weight is 236 g/mol. The molecule has 0 bridgehead atoms. The maximum Gasteiger partial charge on any atom is 0.509 e. The number of quaternary nitrogens is 1. The summed E-state index contributed by atoms with van der Waals surface area (Å²) in [4.78, 5) is 9.65. The monoisotopic (exact) mass is 236 g/mol. The Morgan fingerprint density at radius 1 is 1.47 bits per heavy atom. The van der Waals surface area contributed by atoms with E-state index in [1.165, 1.54) is 0 Å². The lowest BCUT2D eigenvalue weighted by atomic mass is 10.2.